The normalized spacial score (nSPS) is 42.4. The second-order valence-electron chi connectivity index (χ2n) is 20.2. The fourth-order valence-corrected chi connectivity index (χ4v) is 13.9. The third-order valence-electron chi connectivity index (χ3n) is 17.3. The van der Waals surface area contributed by atoms with E-state index in [-0.39, 0.29) is 11.3 Å². The molecule has 1 heteroatoms. The molecule has 1 nitrogen and oxygen atoms in total. The van der Waals surface area contributed by atoms with Gasteiger partial charge in [-0.2, -0.15) is 0 Å². The van der Waals surface area contributed by atoms with Crippen LogP contribution >= 0.6 is 0 Å². The Morgan fingerprint density at radius 3 is 1.89 bits per heavy atom. The van der Waals surface area contributed by atoms with Gasteiger partial charge >= 0.3 is 0 Å². The summed E-state index contributed by atoms with van der Waals surface area (Å²) in [6.45, 7) is 23.3. The number of ketones is 1. The zero-order chi connectivity index (χ0) is 34.1. The van der Waals surface area contributed by atoms with E-state index in [1.165, 1.54) is 128 Å². The number of Topliss-reactive ketones (excluding diaryl/α,β-unsaturated/α-hetero) is 1. The van der Waals surface area contributed by atoms with Gasteiger partial charge in [-0.3, -0.25) is 4.79 Å². The van der Waals surface area contributed by atoms with E-state index in [2.05, 4.69) is 68.4 Å². The molecule has 10 atom stereocenters. The first-order valence-corrected chi connectivity index (χ1v) is 21.5. The van der Waals surface area contributed by atoms with Gasteiger partial charge in [-0.15, -0.1) is 0 Å². The summed E-state index contributed by atoms with van der Waals surface area (Å²) in [4.78, 5) is 13.9. The Morgan fingerprint density at radius 1 is 0.681 bits per heavy atom. The average Bonchev–Trinajstić information content (AvgIpc) is 3.02. The zero-order valence-corrected chi connectivity index (χ0v) is 33.2. The van der Waals surface area contributed by atoms with Crippen molar-refractivity contribution in [3.63, 3.8) is 0 Å². The molecule has 4 fully saturated rings. The van der Waals surface area contributed by atoms with Crippen molar-refractivity contribution in [3.05, 3.63) is 11.6 Å². The Kier molecular flexibility index (Phi) is 12.0. The maximum Gasteiger partial charge on any atom is 0.136 e. The largest absolute Gasteiger partial charge is 0.299 e. The van der Waals surface area contributed by atoms with Crippen LogP contribution in [0.4, 0.5) is 0 Å². The lowest BCUT2D eigenvalue weighted by Gasteiger charge is -2.71. The Morgan fingerprint density at radius 2 is 1.28 bits per heavy atom. The van der Waals surface area contributed by atoms with Gasteiger partial charge in [0, 0.05) is 12.3 Å². The highest BCUT2D eigenvalue weighted by atomic mass is 16.1. The van der Waals surface area contributed by atoms with E-state index in [1.54, 1.807) is 0 Å². The van der Waals surface area contributed by atoms with Gasteiger partial charge in [-0.1, -0.05) is 151 Å². The summed E-state index contributed by atoms with van der Waals surface area (Å²) >= 11 is 0. The van der Waals surface area contributed by atoms with E-state index in [0.29, 0.717) is 33.4 Å². The molecule has 0 N–H and O–H groups in total. The summed E-state index contributed by atoms with van der Waals surface area (Å²) in [6.07, 6.45) is 33.5. The summed E-state index contributed by atoms with van der Waals surface area (Å²) in [5, 5.41) is 0. The van der Waals surface area contributed by atoms with Crippen molar-refractivity contribution in [3.8, 4) is 0 Å². The summed E-state index contributed by atoms with van der Waals surface area (Å²) in [7, 11) is 0. The Labute approximate surface area is 294 Å². The molecule has 0 bridgehead atoms. The van der Waals surface area contributed by atoms with Crippen LogP contribution in [0.1, 0.15) is 210 Å². The van der Waals surface area contributed by atoms with Crippen molar-refractivity contribution >= 4 is 5.78 Å². The molecule has 47 heavy (non-hydrogen) atoms. The Bertz CT molecular complexity index is 1080. The van der Waals surface area contributed by atoms with Crippen molar-refractivity contribution in [2.24, 2.45) is 62.6 Å². The van der Waals surface area contributed by atoms with Gasteiger partial charge in [-0.25, -0.2) is 0 Å². The number of carbonyl (C=O) groups excluding carboxylic acids is 1. The molecular formula is C46H80O. The fourth-order valence-electron chi connectivity index (χ4n) is 13.9. The molecule has 0 aromatic rings. The third kappa shape index (κ3) is 6.89. The molecule has 5 aliphatic carbocycles. The fraction of sp³-hybridized carbons (Fsp3) is 0.935. The van der Waals surface area contributed by atoms with Crippen LogP contribution in [0, 0.1) is 62.6 Å². The Hall–Kier alpha value is -0.590. The predicted molar refractivity (Wildman–Crippen MR) is 203 cm³/mol. The van der Waals surface area contributed by atoms with Crippen molar-refractivity contribution < 1.29 is 4.79 Å². The highest BCUT2D eigenvalue weighted by Gasteiger charge is 2.68. The van der Waals surface area contributed by atoms with Crippen LogP contribution in [0.25, 0.3) is 0 Å². The third-order valence-corrected chi connectivity index (χ3v) is 17.3. The first-order valence-electron chi connectivity index (χ1n) is 21.5. The number of carbonyl (C=O) groups is 1. The molecule has 0 saturated heterocycles. The molecule has 270 valence electrons. The smallest absolute Gasteiger partial charge is 0.136 e. The van der Waals surface area contributed by atoms with Crippen molar-refractivity contribution in [2.45, 2.75) is 210 Å². The van der Waals surface area contributed by atoms with Gasteiger partial charge in [0.25, 0.3) is 0 Å². The summed E-state index contributed by atoms with van der Waals surface area (Å²) in [6, 6.07) is 0. The first kappa shape index (κ1) is 37.7. The van der Waals surface area contributed by atoms with E-state index in [0.717, 1.165) is 42.9 Å². The molecule has 0 radical (unpaired) electrons. The minimum Gasteiger partial charge on any atom is -0.299 e. The van der Waals surface area contributed by atoms with E-state index in [1.807, 2.05) is 5.57 Å². The minimum absolute atomic E-state index is 0.116. The quantitative estimate of drug-likeness (QED) is 0.128. The molecule has 4 saturated carbocycles. The molecule has 0 aromatic heterocycles. The van der Waals surface area contributed by atoms with Crippen molar-refractivity contribution in [2.75, 3.05) is 0 Å². The second kappa shape index (κ2) is 14.9. The monoisotopic (exact) mass is 649 g/mol. The SMILES string of the molecule is CCCCCCCCCCCCCCCC(=O)[C@H]1CC[C@]2(C)[C@H]3CC=C4[C@@H]5[C@@H](C)[C@H](C)CC[C@]5(C)CC[C@@]4(C)[C@]3(C)CC[C@H]2C1(C)C. The Balaban J connectivity index is 1.15. The average molecular weight is 649 g/mol. The van der Waals surface area contributed by atoms with Crippen LogP contribution in [-0.4, -0.2) is 5.78 Å². The minimum atomic E-state index is 0.116. The van der Waals surface area contributed by atoms with Crippen LogP contribution < -0.4 is 0 Å². The van der Waals surface area contributed by atoms with Gasteiger partial charge in [0.15, 0.2) is 0 Å². The predicted octanol–water partition coefficient (Wildman–Crippen LogP) is 14.3. The van der Waals surface area contributed by atoms with E-state index >= 15 is 0 Å². The number of rotatable bonds is 15. The maximum absolute atomic E-state index is 13.9. The summed E-state index contributed by atoms with van der Waals surface area (Å²) in [5.41, 5.74) is 3.59. The topological polar surface area (TPSA) is 17.1 Å². The van der Waals surface area contributed by atoms with Crippen LogP contribution in [0.5, 0.6) is 0 Å². The van der Waals surface area contributed by atoms with Gasteiger partial charge in [0.05, 0.1) is 0 Å². The second-order valence-corrected chi connectivity index (χ2v) is 20.2. The van der Waals surface area contributed by atoms with E-state index in [9.17, 15) is 4.79 Å². The number of fused-ring (bicyclic) bond motifs is 7. The number of unbranched alkanes of at least 4 members (excludes halogenated alkanes) is 12. The lowest BCUT2D eigenvalue weighted by atomic mass is 9.33. The maximum atomic E-state index is 13.9. The highest BCUT2D eigenvalue weighted by Crippen LogP contribution is 2.76. The van der Waals surface area contributed by atoms with E-state index in [4.69, 9.17) is 0 Å². The first-order chi connectivity index (χ1) is 22.3. The molecule has 0 aromatic carbocycles. The summed E-state index contributed by atoms with van der Waals surface area (Å²) in [5.74, 6) is 4.74. The van der Waals surface area contributed by atoms with Crippen LogP contribution in [0.3, 0.4) is 0 Å². The van der Waals surface area contributed by atoms with Gasteiger partial charge < -0.3 is 0 Å². The zero-order valence-electron chi connectivity index (χ0n) is 33.2. The molecule has 0 spiro atoms. The molecule has 0 heterocycles. The summed E-state index contributed by atoms with van der Waals surface area (Å²) < 4.78 is 0. The molecule has 5 rings (SSSR count). The number of hydrogen-bond donors (Lipinski definition) is 0. The van der Waals surface area contributed by atoms with Crippen molar-refractivity contribution in [1.29, 1.82) is 0 Å². The van der Waals surface area contributed by atoms with Crippen LogP contribution in [-0.2, 0) is 4.79 Å². The molecule has 0 aliphatic heterocycles. The van der Waals surface area contributed by atoms with Crippen LogP contribution in [0.2, 0.25) is 0 Å². The van der Waals surface area contributed by atoms with E-state index < -0.39 is 0 Å². The number of allylic oxidation sites excluding steroid dienone is 2. The standard InChI is InChI=1S/C46H80O/c1-10-11-12-13-14-15-16-17-18-19-20-21-22-23-38(47)36-27-30-44(7)39(42(36,4)5)28-31-46(9)40(44)25-24-37-41-35(3)34(2)26-29-43(41,6)32-33-45(37,46)8/h24,34-36,39-41H,10-23,25-33H2,1-9H3/t34-,35+,36-,39+,40-,41+,43-,44+,45-,46-/m1/s1. The van der Waals surface area contributed by atoms with Crippen LogP contribution in [0.15, 0.2) is 11.6 Å². The highest BCUT2D eigenvalue weighted by molar-refractivity contribution is 5.82. The molecule has 0 amide bonds. The van der Waals surface area contributed by atoms with Gasteiger partial charge in [0.1, 0.15) is 5.78 Å². The lowest BCUT2D eigenvalue weighted by Crippen LogP contribution is -2.64. The number of hydrogen-bond acceptors (Lipinski definition) is 1. The molecule has 5 aliphatic rings. The molecule has 0 unspecified atom stereocenters. The van der Waals surface area contributed by atoms with Gasteiger partial charge in [-0.05, 0) is 121 Å². The lowest BCUT2D eigenvalue weighted by molar-refractivity contribution is -0.193. The van der Waals surface area contributed by atoms with Gasteiger partial charge in [0.2, 0.25) is 0 Å². The molecular weight excluding hydrogens is 569 g/mol. The van der Waals surface area contributed by atoms with Crippen molar-refractivity contribution in [1.82, 2.24) is 0 Å².